The molecule has 1 N–H and O–H groups in total. The van der Waals surface area contributed by atoms with E-state index in [1.807, 2.05) is 6.92 Å². The standard InChI is InChI=1S/C7H16ClO5P/c1-2-3-6-11-14(10,13-9)12-7-4-5-8/h9H,2-7H2,1H3. The average Bonchev–Trinajstić information content (AvgIpc) is 2.19. The molecule has 0 aliphatic carbocycles. The summed E-state index contributed by atoms with van der Waals surface area (Å²) in [5, 5.41) is 8.34. The molecule has 5 nitrogen and oxygen atoms in total. The molecular weight excluding hydrogens is 230 g/mol. The Bertz CT molecular complexity index is 163. The zero-order valence-electron chi connectivity index (χ0n) is 8.15. The molecule has 7 heteroatoms. The van der Waals surface area contributed by atoms with Gasteiger partial charge >= 0.3 is 7.82 Å². The minimum absolute atomic E-state index is 0.132. The number of halogens is 1. The van der Waals surface area contributed by atoms with E-state index in [9.17, 15) is 4.57 Å². The fourth-order valence-electron chi connectivity index (χ4n) is 0.636. The van der Waals surface area contributed by atoms with Crippen molar-refractivity contribution in [3.63, 3.8) is 0 Å². The fourth-order valence-corrected chi connectivity index (χ4v) is 1.62. The predicted octanol–water partition coefficient (Wildman–Crippen LogP) is 3.05. The maximum Gasteiger partial charge on any atom is 0.501 e. The highest BCUT2D eigenvalue weighted by atomic mass is 35.5. The first-order chi connectivity index (χ1) is 6.68. The lowest BCUT2D eigenvalue weighted by molar-refractivity contribution is -0.166. The number of unbranched alkanes of at least 4 members (excludes halogenated alkanes) is 1. The van der Waals surface area contributed by atoms with Crippen LogP contribution in [0.4, 0.5) is 0 Å². The largest absolute Gasteiger partial charge is 0.501 e. The van der Waals surface area contributed by atoms with E-state index in [0.29, 0.717) is 12.3 Å². The van der Waals surface area contributed by atoms with Gasteiger partial charge in [0, 0.05) is 5.88 Å². The highest BCUT2D eigenvalue weighted by Gasteiger charge is 2.26. The zero-order chi connectivity index (χ0) is 10.9. The van der Waals surface area contributed by atoms with Crippen LogP contribution < -0.4 is 0 Å². The molecule has 0 fully saturated rings. The van der Waals surface area contributed by atoms with Crippen LogP contribution in [0.2, 0.25) is 0 Å². The van der Waals surface area contributed by atoms with Gasteiger partial charge in [-0.05, 0) is 12.8 Å². The van der Waals surface area contributed by atoms with Gasteiger partial charge in [0.1, 0.15) is 0 Å². The molecule has 0 saturated heterocycles. The van der Waals surface area contributed by atoms with E-state index in [-0.39, 0.29) is 13.2 Å². The molecule has 0 aromatic heterocycles. The molecule has 0 aromatic carbocycles. The van der Waals surface area contributed by atoms with Crippen LogP contribution >= 0.6 is 19.4 Å². The van der Waals surface area contributed by atoms with E-state index in [1.54, 1.807) is 0 Å². The van der Waals surface area contributed by atoms with Gasteiger partial charge < -0.3 is 0 Å². The second kappa shape index (κ2) is 8.65. The molecular formula is C7H16ClO5P. The summed E-state index contributed by atoms with van der Waals surface area (Å²) in [6, 6.07) is 0. The molecule has 0 aromatic rings. The lowest BCUT2D eigenvalue weighted by atomic mass is 10.4. The van der Waals surface area contributed by atoms with Gasteiger partial charge in [0.05, 0.1) is 13.2 Å². The zero-order valence-corrected chi connectivity index (χ0v) is 9.80. The van der Waals surface area contributed by atoms with Crippen LogP contribution in [0.25, 0.3) is 0 Å². The second-order valence-electron chi connectivity index (χ2n) is 2.59. The van der Waals surface area contributed by atoms with Gasteiger partial charge in [-0.25, -0.2) is 9.82 Å². The minimum atomic E-state index is -3.76. The molecule has 0 aliphatic rings. The molecule has 1 atom stereocenters. The Morgan fingerprint density at radius 3 is 2.29 bits per heavy atom. The van der Waals surface area contributed by atoms with Crippen molar-refractivity contribution in [1.82, 2.24) is 0 Å². The van der Waals surface area contributed by atoms with E-state index in [2.05, 4.69) is 4.67 Å². The Labute approximate surface area is 88.8 Å². The van der Waals surface area contributed by atoms with Crippen LogP contribution in [0.3, 0.4) is 0 Å². The maximum atomic E-state index is 11.4. The van der Waals surface area contributed by atoms with Crippen molar-refractivity contribution in [3.05, 3.63) is 0 Å². The van der Waals surface area contributed by atoms with Crippen LogP contribution in [0, 0.1) is 0 Å². The number of alkyl halides is 1. The molecule has 0 saturated carbocycles. The molecule has 86 valence electrons. The third kappa shape index (κ3) is 6.76. The Morgan fingerprint density at radius 2 is 1.86 bits per heavy atom. The maximum absolute atomic E-state index is 11.4. The normalized spacial score (nSPS) is 15.4. The van der Waals surface area contributed by atoms with Gasteiger partial charge in [0.15, 0.2) is 0 Å². The van der Waals surface area contributed by atoms with Gasteiger partial charge in [-0.2, -0.15) is 0 Å². The molecule has 0 aliphatic heterocycles. The van der Waals surface area contributed by atoms with E-state index in [4.69, 9.17) is 25.9 Å². The number of hydrogen-bond acceptors (Lipinski definition) is 5. The third-order valence-electron chi connectivity index (χ3n) is 1.37. The summed E-state index contributed by atoms with van der Waals surface area (Å²) in [4.78, 5) is 0. The van der Waals surface area contributed by atoms with Crippen molar-refractivity contribution in [1.29, 1.82) is 0 Å². The monoisotopic (exact) mass is 246 g/mol. The lowest BCUT2D eigenvalue weighted by Crippen LogP contribution is -2.01. The number of phosphoric ester groups is 1. The number of hydrogen-bond donors (Lipinski definition) is 1. The molecule has 0 heterocycles. The van der Waals surface area contributed by atoms with Crippen molar-refractivity contribution in [3.8, 4) is 0 Å². The van der Waals surface area contributed by atoms with E-state index in [1.165, 1.54) is 0 Å². The molecule has 0 amide bonds. The van der Waals surface area contributed by atoms with Gasteiger partial charge in [0.25, 0.3) is 0 Å². The van der Waals surface area contributed by atoms with Crippen molar-refractivity contribution >= 4 is 19.4 Å². The molecule has 0 spiro atoms. The van der Waals surface area contributed by atoms with Crippen molar-refractivity contribution in [2.24, 2.45) is 0 Å². The summed E-state index contributed by atoms with van der Waals surface area (Å²) in [7, 11) is -3.76. The lowest BCUT2D eigenvalue weighted by Gasteiger charge is -2.13. The van der Waals surface area contributed by atoms with E-state index in [0.717, 1.165) is 12.8 Å². The van der Waals surface area contributed by atoms with Crippen molar-refractivity contribution in [2.75, 3.05) is 19.1 Å². The van der Waals surface area contributed by atoms with Crippen LogP contribution in [0.1, 0.15) is 26.2 Å². The summed E-state index contributed by atoms with van der Waals surface area (Å²) in [5.41, 5.74) is 0. The molecule has 0 radical (unpaired) electrons. The SMILES string of the molecule is CCCCOP(=O)(OO)OCCCCl. The first-order valence-corrected chi connectivity index (χ1v) is 6.46. The van der Waals surface area contributed by atoms with Gasteiger partial charge in [-0.15, -0.1) is 16.3 Å². The minimum Gasteiger partial charge on any atom is -0.285 e. The Balaban J connectivity index is 3.74. The third-order valence-corrected chi connectivity index (χ3v) is 2.84. The Morgan fingerprint density at radius 1 is 1.29 bits per heavy atom. The molecule has 0 rings (SSSR count). The first kappa shape index (κ1) is 14.4. The highest BCUT2D eigenvalue weighted by Crippen LogP contribution is 2.48. The Kier molecular flexibility index (Phi) is 8.87. The first-order valence-electron chi connectivity index (χ1n) is 4.46. The summed E-state index contributed by atoms with van der Waals surface area (Å²) in [6.45, 7) is 2.32. The summed E-state index contributed by atoms with van der Waals surface area (Å²) >= 11 is 5.39. The van der Waals surface area contributed by atoms with Gasteiger partial charge in [-0.1, -0.05) is 13.3 Å². The topological polar surface area (TPSA) is 65.0 Å². The number of rotatable bonds is 9. The van der Waals surface area contributed by atoms with Crippen LogP contribution in [0.15, 0.2) is 0 Å². The van der Waals surface area contributed by atoms with Gasteiger partial charge in [-0.3, -0.25) is 9.05 Å². The summed E-state index contributed by atoms with van der Waals surface area (Å²) in [6.07, 6.45) is 2.14. The van der Waals surface area contributed by atoms with Crippen LogP contribution in [-0.2, 0) is 18.3 Å². The van der Waals surface area contributed by atoms with Crippen LogP contribution in [0.5, 0.6) is 0 Å². The van der Waals surface area contributed by atoms with E-state index >= 15 is 0 Å². The second-order valence-corrected chi connectivity index (χ2v) is 4.54. The summed E-state index contributed by atoms with van der Waals surface area (Å²) < 4.78 is 24.6. The average molecular weight is 247 g/mol. The smallest absolute Gasteiger partial charge is 0.285 e. The molecule has 14 heavy (non-hydrogen) atoms. The van der Waals surface area contributed by atoms with Crippen molar-refractivity contribution in [2.45, 2.75) is 26.2 Å². The molecule has 0 bridgehead atoms. The Hall–Kier alpha value is 0.360. The van der Waals surface area contributed by atoms with Crippen LogP contribution in [-0.4, -0.2) is 24.4 Å². The quantitative estimate of drug-likeness (QED) is 0.223. The predicted molar refractivity (Wildman–Crippen MR) is 53.5 cm³/mol. The number of phosphoric acid groups is 1. The van der Waals surface area contributed by atoms with E-state index < -0.39 is 7.82 Å². The van der Waals surface area contributed by atoms with Crippen molar-refractivity contribution < 1.29 is 23.5 Å². The van der Waals surface area contributed by atoms with Gasteiger partial charge in [0.2, 0.25) is 0 Å². The molecule has 1 unspecified atom stereocenters. The highest BCUT2D eigenvalue weighted by molar-refractivity contribution is 7.48. The summed E-state index contributed by atoms with van der Waals surface area (Å²) in [5.74, 6) is 0.389. The fraction of sp³-hybridized carbons (Fsp3) is 1.00.